The average Bonchev–Trinajstić information content (AvgIpc) is 3.24. The van der Waals surface area contributed by atoms with E-state index in [-0.39, 0.29) is 12.3 Å². The van der Waals surface area contributed by atoms with Gasteiger partial charge in [0.15, 0.2) is 10.6 Å². The maximum absolute atomic E-state index is 12.6. The number of carbonyl (C=O) groups excluding carboxylic acids is 1. The van der Waals surface area contributed by atoms with Gasteiger partial charge in [-0.25, -0.2) is 5.43 Å². The number of hydrogen-bond acceptors (Lipinski definition) is 5. The summed E-state index contributed by atoms with van der Waals surface area (Å²) in [5.41, 5.74) is 6.10. The molecule has 33 heavy (non-hydrogen) atoms. The van der Waals surface area contributed by atoms with E-state index in [4.69, 9.17) is 17.0 Å². The fourth-order valence-corrected chi connectivity index (χ4v) is 3.58. The van der Waals surface area contributed by atoms with Gasteiger partial charge in [-0.3, -0.25) is 14.5 Å². The van der Waals surface area contributed by atoms with Gasteiger partial charge in [-0.15, -0.1) is 0 Å². The predicted molar refractivity (Wildman–Crippen MR) is 131 cm³/mol. The number of benzene rings is 3. The summed E-state index contributed by atoms with van der Waals surface area (Å²) in [7, 11) is 1.62. The van der Waals surface area contributed by atoms with Crippen molar-refractivity contribution < 1.29 is 9.53 Å². The summed E-state index contributed by atoms with van der Waals surface area (Å²) >= 11 is 5.37. The smallest absolute Gasteiger partial charge is 0.241 e. The van der Waals surface area contributed by atoms with Gasteiger partial charge < -0.3 is 4.74 Å². The molecule has 1 amide bonds. The first kappa shape index (κ1) is 22.2. The molecule has 0 aliphatic carbocycles. The zero-order valence-corrected chi connectivity index (χ0v) is 18.9. The van der Waals surface area contributed by atoms with Crippen molar-refractivity contribution in [2.45, 2.75) is 13.0 Å². The van der Waals surface area contributed by atoms with Crippen molar-refractivity contribution in [2.75, 3.05) is 7.11 Å². The van der Waals surface area contributed by atoms with Crippen LogP contribution in [0.3, 0.4) is 0 Å². The molecule has 0 saturated carbocycles. The van der Waals surface area contributed by atoms with Crippen LogP contribution < -0.4 is 10.2 Å². The van der Waals surface area contributed by atoms with Crippen LogP contribution in [0.4, 0.5) is 0 Å². The highest BCUT2D eigenvalue weighted by atomic mass is 32.1. The summed E-state index contributed by atoms with van der Waals surface area (Å²) < 4.78 is 7.46. The Bertz CT molecular complexity index is 1250. The van der Waals surface area contributed by atoms with E-state index in [1.165, 1.54) is 0 Å². The van der Waals surface area contributed by atoms with Gasteiger partial charge in [0.1, 0.15) is 5.75 Å². The van der Waals surface area contributed by atoms with Gasteiger partial charge in [-0.2, -0.15) is 10.2 Å². The van der Waals surface area contributed by atoms with E-state index in [0.717, 1.165) is 22.4 Å². The second-order valence-corrected chi connectivity index (χ2v) is 7.60. The number of aromatic nitrogens is 3. The van der Waals surface area contributed by atoms with Crippen molar-refractivity contribution in [1.29, 1.82) is 0 Å². The lowest BCUT2D eigenvalue weighted by atomic mass is 10.0. The summed E-state index contributed by atoms with van der Waals surface area (Å²) in [6.07, 6.45) is 0.192. The molecule has 3 aromatic carbocycles. The lowest BCUT2D eigenvalue weighted by Gasteiger charge is -2.09. The molecule has 4 rings (SSSR count). The molecule has 1 aromatic heterocycles. The molecule has 4 aromatic rings. The number of nitrogens with zero attached hydrogens (tertiary/aromatic N) is 3. The molecule has 0 bridgehead atoms. The largest absolute Gasteiger partial charge is 0.497 e. The molecule has 1 heterocycles. The molecule has 2 N–H and O–H groups in total. The Morgan fingerprint density at radius 1 is 1.00 bits per heavy atom. The van der Waals surface area contributed by atoms with Crippen LogP contribution in [0, 0.1) is 4.77 Å². The van der Waals surface area contributed by atoms with Gasteiger partial charge >= 0.3 is 0 Å². The number of ether oxygens (including phenoxy) is 1. The van der Waals surface area contributed by atoms with Gasteiger partial charge in [0, 0.05) is 29.7 Å². The SMILES string of the molecule is COc1ccc(-c2n[nH]c(=S)n2CCC(=O)NN=C(c2ccccc2)c2ccccc2)cc1. The van der Waals surface area contributed by atoms with Crippen molar-refractivity contribution in [3.63, 3.8) is 0 Å². The van der Waals surface area contributed by atoms with Crippen LogP contribution in [0.5, 0.6) is 5.75 Å². The van der Waals surface area contributed by atoms with E-state index in [2.05, 4.69) is 20.7 Å². The lowest BCUT2D eigenvalue weighted by Crippen LogP contribution is -2.22. The predicted octanol–water partition coefficient (Wildman–Crippen LogP) is 4.58. The molecule has 0 fully saturated rings. The van der Waals surface area contributed by atoms with E-state index in [9.17, 15) is 4.79 Å². The fraction of sp³-hybridized carbons (Fsp3) is 0.120. The fourth-order valence-electron chi connectivity index (χ4n) is 3.36. The van der Waals surface area contributed by atoms with E-state index < -0.39 is 0 Å². The first-order chi connectivity index (χ1) is 16.2. The third-order valence-electron chi connectivity index (χ3n) is 5.06. The number of hydrazone groups is 1. The highest BCUT2D eigenvalue weighted by molar-refractivity contribution is 7.71. The minimum atomic E-state index is -0.219. The minimum absolute atomic E-state index is 0.192. The Balaban J connectivity index is 1.48. The second-order valence-electron chi connectivity index (χ2n) is 7.21. The van der Waals surface area contributed by atoms with Crippen molar-refractivity contribution in [3.05, 3.63) is 101 Å². The van der Waals surface area contributed by atoms with Crippen LogP contribution in [0.25, 0.3) is 11.4 Å². The second kappa shape index (κ2) is 10.5. The summed E-state index contributed by atoms with van der Waals surface area (Å²) in [6.45, 7) is 0.365. The van der Waals surface area contributed by atoms with Crippen LogP contribution in [0.15, 0.2) is 90.0 Å². The van der Waals surface area contributed by atoms with Crippen molar-refractivity contribution in [2.24, 2.45) is 5.10 Å². The van der Waals surface area contributed by atoms with Crippen molar-refractivity contribution in [3.8, 4) is 17.1 Å². The monoisotopic (exact) mass is 457 g/mol. The van der Waals surface area contributed by atoms with E-state index in [1.807, 2.05) is 84.9 Å². The Morgan fingerprint density at radius 2 is 1.61 bits per heavy atom. The van der Waals surface area contributed by atoms with Gasteiger partial charge in [-0.05, 0) is 36.5 Å². The summed E-state index contributed by atoms with van der Waals surface area (Å²) in [4.78, 5) is 12.6. The molecule has 7 nitrogen and oxygen atoms in total. The Labute approximate surface area is 196 Å². The van der Waals surface area contributed by atoms with E-state index in [0.29, 0.717) is 22.9 Å². The number of rotatable bonds is 8. The quantitative estimate of drug-likeness (QED) is 0.231. The normalized spacial score (nSPS) is 10.5. The molecule has 0 saturated heterocycles. The molecule has 8 heteroatoms. The molecule has 0 radical (unpaired) electrons. The Hall–Kier alpha value is -4.04. The maximum Gasteiger partial charge on any atom is 0.241 e. The van der Waals surface area contributed by atoms with Crippen LogP contribution in [0.2, 0.25) is 0 Å². The molecular formula is C25H23N5O2S. The highest BCUT2D eigenvalue weighted by Crippen LogP contribution is 2.21. The lowest BCUT2D eigenvalue weighted by molar-refractivity contribution is -0.121. The van der Waals surface area contributed by atoms with Crippen LogP contribution in [-0.2, 0) is 11.3 Å². The van der Waals surface area contributed by atoms with Crippen molar-refractivity contribution >= 4 is 23.8 Å². The maximum atomic E-state index is 12.6. The molecule has 0 aliphatic heterocycles. The van der Waals surface area contributed by atoms with Gasteiger partial charge in [-0.1, -0.05) is 60.7 Å². The number of nitrogens with one attached hydrogen (secondary N) is 2. The Kier molecular flexibility index (Phi) is 7.06. The molecule has 0 spiro atoms. The Morgan fingerprint density at radius 3 is 2.18 bits per heavy atom. The first-order valence-electron chi connectivity index (χ1n) is 10.4. The van der Waals surface area contributed by atoms with Crippen LogP contribution >= 0.6 is 12.2 Å². The summed E-state index contributed by atoms with van der Waals surface area (Å²) in [5.74, 6) is 1.20. The summed E-state index contributed by atoms with van der Waals surface area (Å²) in [5, 5.41) is 11.6. The zero-order chi connectivity index (χ0) is 23.0. The number of methoxy groups -OCH3 is 1. The molecule has 0 aliphatic rings. The third-order valence-corrected chi connectivity index (χ3v) is 5.37. The number of carbonyl (C=O) groups is 1. The van der Waals surface area contributed by atoms with Crippen LogP contribution in [0.1, 0.15) is 17.5 Å². The van der Waals surface area contributed by atoms with E-state index in [1.54, 1.807) is 11.7 Å². The first-order valence-corrected chi connectivity index (χ1v) is 10.8. The number of hydrogen-bond donors (Lipinski definition) is 2. The minimum Gasteiger partial charge on any atom is -0.497 e. The number of aromatic amines is 1. The highest BCUT2D eigenvalue weighted by Gasteiger charge is 2.12. The molecule has 0 atom stereocenters. The zero-order valence-electron chi connectivity index (χ0n) is 18.1. The number of amides is 1. The molecular weight excluding hydrogens is 434 g/mol. The van der Waals surface area contributed by atoms with Crippen LogP contribution in [-0.4, -0.2) is 33.5 Å². The molecule has 0 unspecified atom stereocenters. The summed E-state index contributed by atoms with van der Waals surface area (Å²) in [6, 6.07) is 27.0. The van der Waals surface area contributed by atoms with Crippen molar-refractivity contribution in [1.82, 2.24) is 20.2 Å². The number of H-pyrrole nitrogens is 1. The topological polar surface area (TPSA) is 84.3 Å². The third kappa shape index (κ3) is 5.42. The molecule has 166 valence electrons. The van der Waals surface area contributed by atoms with Gasteiger partial charge in [0.05, 0.1) is 12.8 Å². The standard InChI is InChI=1S/C25H23N5O2S/c1-32-21-14-12-20(13-15-21)24-28-29-25(33)30(24)17-16-22(31)26-27-23(18-8-4-2-5-9-18)19-10-6-3-7-11-19/h2-15H,16-17H2,1H3,(H,26,31)(H,29,33). The average molecular weight is 458 g/mol. The van der Waals surface area contributed by atoms with E-state index >= 15 is 0 Å². The van der Waals surface area contributed by atoms with Gasteiger partial charge in [0.2, 0.25) is 5.91 Å². The van der Waals surface area contributed by atoms with Gasteiger partial charge in [0.25, 0.3) is 0 Å².